The van der Waals surface area contributed by atoms with Crippen molar-refractivity contribution in [1.82, 2.24) is 9.97 Å². The Morgan fingerprint density at radius 2 is 2.04 bits per heavy atom. The molecule has 0 atom stereocenters. The summed E-state index contributed by atoms with van der Waals surface area (Å²) >= 11 is 0. The highest BCUT2D eigenvalue weighted by Gasteiger charge is 2.13. The number of fused-ring (bicyclic) bond motifs is 1. The van der Waals surface area contributed by atoms with Crippen molar-refractivity contribution in [1.29, 1.82) is 0 Å². The van der Waals surface area contributed by atoms with E-state index < -0.39 is 11.6 Å². The predicted octanol–water partition coefficient (Wildman–Crippen LogP) is 4.61. The second-order valence-corrected chi connectivity index (χ2v) is 5.47. The Morgan fingerprint density at radius 3 is 2.87 bits per heavy atom. The SMILES string of the molecule is CCCCOc1cc(F)c(Cc2c[nH]c3ncccc23)cc1F. The smallest absolute Gasteiger partial charge is 0.165 e. The third-order valence-electron chi connectivity index (χ3n) is 3.77. The highest BCUT2D eigenvalue weighted by Crippen LogP contribution is 2.26. The maximum Gasteiger partial charge on any atom is 0.165 e. The highest BCUT2D eigenvalue weighted by molar-refractivity contribution is 5.79. The minimum absolute atomic E-state index is 0.0275. The zero-order valence-electron chi connectivity index (χ0n) is 12.9. The lowest BCUT2D eigenvalue weighted by atomic mass is 10.0. The number of pyridine rings is 1. The standard InChI is InChI=1S/C18H18F2N2O/c1-2-3-7-23-17-10-15(19)12(9-16(17)20)8-13-11-22-18-14(13)5-4-6-21-18/h4-6,9-11H,2-3,7-8H2,1H3,(H,21,22). The Bertz CT molecular complexity index is 814. The van der Waals surface area contributed by atoms with Gasteiger partial charge in [-0.05, 0) is 35.7 Å². The third kappa shape index (κ3) is 3.33. The average molecular weight is 316 g/mol. The largest absolute Gasteiger partial charge is 0.490 e. The quantitative estimate of drug-likeness (QED) is 0.674. The number of rotatable bonds is 6. The van der Waals surface area contributed by atoms with Crippen LogP contribution >= 0.6 is 0 Å². The van der Waals surface area contributed by atoms with Gasteiger partial charge in [0.1, 0.15) is 11.5 Å². The van der Waals surface area contributed by atoms with Crippen LogP contribution in [0.25, 0.3) is 11.0 Å². The molecule has 0 aliphatic heterocycles. The normalized spacial score (nSPS) is 11.1. The van der Waals surface area contributed by atoms with Crippen LogP contribution in [0.3, 0.4) is 0 Å². The van der Waals surface area contributed by atoms with Crippen molar-refractivity contribution in [2.45, 2.75) is 26.2 Å². The molecule has 1 N–H and O–H groups in total. The summed E-state index contributed by atoms with van der Waals surface area (Å²) in [5, 5.41) is 0.913. The molecule has 5 heteroatoms. The Hall–Kier alpha value is -2.43. The predicted molar refractivity (Wildman–Crippen MR) is 85.7 cm³/mol. The Morgan fingerprint density at radius 1 is 1.17 bits per heavy atom. The molecule has 0 saturated heterocycles. The fraction of sp³-hybridized carbons (Fsp3) is 0.278. The summed E-state index contributed by atoms with van der Waals surface area (Å²) in [6.45, 7) is 2.40. The second kappa shape index (κ2) is 6.77. The molecule has 0 aliphatic rings. The van der Waals surface area contributed by atoms with Gasteiger partial charge in [0.25, 0.3) is 0 Å². The molecule has 3 nitrogen and oxygen atoms in total. The van der Waals surface area contributed by atoms with Crippen molar-refractivity contribution in [3.63, 3.8) is 0 Å². The minimum atomic E-state index is -0.532. The summed E-state index contributed by atoms with van der Waals surface area (Å²) in [5.41, 5.74) is 1.92. The molecular formula is C18H18F2N2O. The lowest BCUT2D eigenvalue weighted by molar-refractivity contribution is 0.292. The molecule has 3 aromatic rings. The number of H-pyrrole nitrogens is 1. The van der Waals surface area contributed by atoms with E-state index in [0.29, 0.717) is 18.6 Å². The van der Waals surface area contributed by atoms with Gasteiger partial charge in [-0.15, -0.1) is 0 Å². The van der Waals surface area contributed by atoms with Crippen LogP contribution in [0.2, 0.25) is 0 Å². The number of nitrogens with one attached hydrogen (secondary N) is 1. The monoisotopic (exact) mass is 316 g/mol. The van der Waals surface area contributed by atoms with E-state index in [-0.39, 0.29) is 5.75 Å². The molecule has 0 spiro atoms. The molecule has 0 unspecified atom stereocenters. The molecule has 0 bridgehead atoms. The van der Waals surface area contributed by atoms with Gasteiger partial charge in [0.05, 0.1) is 6.61 Å². The molecule has 0 fully saturated rings. The summed E-state index contributed by atoms with van der Waals surface area (Å²) in [6.07, 6.45) is 5.51. The maximum atomic E-state index is 14.3. The maximum absolute atomic E-state index is 14.3. The first kappa shape index (κ1) is 15.5. The fourth-order valence-electron chi connectivity index (χ4n) is 2.51. The number of benzene rings is 1. The third-order valence-corrected chi connectivity index (χ3v) is 3.77. The lowest BCUT2D eigenvalue weighted by Gasteiger charge is -2.09. The molecule has 1 aromatic carbocycles. The summed E-state index contributed by atoms with van der Waals surface area (Å²) in [7, 11) is 0. The number of ether oxygens (including phenoxy) is 1. The van der Waals surface area contributed by atoms with Crippen molar-refractivity contribution in [2.75, 3.05) is 6.61 Å². The van der Waals surface area contributed by atoms with Crippen LogP contribution in [-0.4, -0.2) is 16.6 Å². The van der Waals surface area contributed by atoms with Crippen LogP contribution < -0.4 is 4.74 Å². The van der Waals surface area contributed by atoms with Crippen molar-refractivity contribution < 1.29 is 13.5 Å². The molecule has 120 valence electrons. The first-order valence-electron chi connectivity index (χ1n) is 7.70. The van der Waals surface area contributed by atoms with Gasteiger partial charge < -0.3 is 9.72 Å². The van der Waals surface area contributed by atoms with Crippen molar-refractivity contribution >= 4 is 11.0 Å². The number of halogens is 2. The van der Waals surface area contributed by atoms with Gasteiger partial charge >= 0.3 is 0 Å². The van der Waals surface area contributed by atoms with E-state index in [0.717, 1.165) is 35.5 Å². The number of aromatic nitrogens is 2. The van der Waals surface area contributed by atoms with Crippen molar-refractivity contribution in [3.8, 4) is 5.75 Å². The number of aromatic amines is 1. The number of unbranched alkanes of at least 4 members (excludes halogenated alkanes) is 1. The Labute approximate surface area is 133 Å². The van der Waals surface area contributed by atoms with E-state index in [1.54, 1.807) is 12.4 Å². The van der Waals surface area contributed by atoms with Gasteiger partial charge in [-0.3, -0.25) is 0 Å². The topological polar surface area (TPSA) is 37.9 Å². The number of hydrogen-bond acceptors (Lipinski definition) is 2. The fourth-order valence-corrected chi connectivity index (χ4v) is 2.51. The summed E-state index contributed by atoms with van der Waals surface area (Å²) in [5.74, 6) is -1.02. The van der Waals surface area contributed by atoms with E-state index in [1.807, 2.05) is 19.1 Å². The van der Waals surface area contributed by atoms with E-state index in [9.17, 15) is 8.78 Å². The molecule has 0 amide bonds. The number of nitrogens with zero attached hydrogens (tertiary/aromatic N) is 1. The van der Waals surface area contributed by atoms with Gasteiger partial charge in [-0.2, -0.15) is 0 Å². The number of hydrogen-bond donors (Lipinski definition) is 1. The van der Waals surface area contributed by atoms with Crippen LogP contribution in [0.1, 0.15) is 30.9 Å². The highest BCUT2D eigenvalue weighted by atomic mass is 19.1. The van der Waals surface area contributed by atoms with Crippen LogP contribution in [0.4, 0.5) is 8.78 Å². The second-order valence-electron chi connectivity index (χ2n) is 5.47. The first-order valence-corrected chi connectivity index (χ1v) is 7.70. The molecule has 23 heavy (non-hydrogen) atoms. The zero-order valence-corrected chi connectivity index (χ0v) is 12.9. The van der Waals surface area contributed by atoms with Crippen LogP contribution in [-0.2, 0) is 6.42 Å². The van der Waals surface area contributed by atoms with E-state index >= 15 is 0 Å². The molecule has 0 radical (unpaired) electrons. The molecule has 3 rings (SSSR count). The molecule has 2 aromatic heterocycles. The molecular weight excluding hydrogens is 298 g/mol. The van der Waals surface area contributed by atoms with Crippen LogP contribution in [0, 0.1) is 11.6 Å². The average Bonchev–Trinajstić information content (AvgIpc) is 2.95. The van der Waals surface area contributed by atoms with Gasteiger partial charge in [0.2, 0.25) is 0 Å². The van der Waals surface area contributed by atoms with Crippen LogP contribution in [0.15, 0.2) is 36.7 Å². The molecule has 0 saturated carbocycles. The van der Waals surface area contributed by atoms with Crippen molar-refractivity contribution in [2.24, 2.45) is 0 Å². The Balaban J connectivity index is 1.84. The zero-order chi connectivity index (χ0) is 16.2. The summed E-state index contributed by atoms with van der Waals surface area (Å²) < 4.78 is 33.6. The van der Waals surface area contributed by atoms with Gasteiger partial charge in [-0.1, -0.05) is 13.3 Å². The molecule has 0 aliphatic carbocycles. The molecule has 2 heterocycles. The van der Waals surface area contributed by atoms with Gasteiger partial charge in [0, 0.05) is 30.3 Å². The van der Waals surface area contributed by atoms with Crippen LogP contribution in [0.5, 0.6) is 5.75 Å². The van der Waals surface area contributed by atoms with E-state index in [4.69, 9.17) is 4.74 Å². The van der Waals surface area contributed by atoms with Gasteiger partial charge in [0.15, 0.2) is 11.6 Å². The summed E-state index contributed by atoms with van der Waals surface area (Å²) in [4.78, 5) is 7.23. The Kier molecular flexibility index (Phi) is 4.55. The minimum Gasteiger partial charge on any atom is -0.490 e. The van der Waals surface area contributed by atoms with E-state index in [1.165, 1.54) is 6.07 Å². The van der Waals surface area contributed by atoms with Gasteiger partial charge in [-0.25, -0.2) is 13.8 Å². The summed E-state index contributed by atoms with van der Waals surface area (Å²) in [6, 6.07) is 6.07. The van der Waals surface area contributed by atoms with E-state index in [2.05, 4.69) is 9.97 Å². The van der Waals surface area contributed by atoms with Crippen molar-refractivity contribution in [3.05, 3.63) is 59.4 Å². The lowest BCUT2D eigenvalue weighted by Crippen LogP contribution is -2.01. The first-order chi connectivity index (χ1) is 11.2.